The van der Waals surface area contributed by atoms with E-state index in [-0.39, 0.29) is 12.0 Å². The van der Waals surface area contributed by atoms with Crippen molar-refractivity contribution in [3.63, 3.8) is 0 Å². The number of nitrogens with zero attached hydrogens (tertiary/aromatic N) is 1. The van der Waals surface area contributed by atoms with E-state index < -0.39 is 0 Å². The van der Waals surface area contributed by atoms with E-state index in [2.05, 4.69) is 30.1 Å². The molecule has 1 aliphatic rings. The fourth-order valence-corrected chi connectivity index (χ4v) is 3.11. The number of aromatic amines is 1. The van der Waals surface area contributed by atoms with Crippen LogP contribution in [0.25, 0.3) is 10.9 Å². The van der Waals surface area contributed by atoms with Crippen LogP contribution < -0.4 is 0 Å². The topological polar surface area (TPSA) is 56.3 Å². The molecule has 1 aliphatic heterocycles. The minimum absolute atomic E-state index is 0.157. The van der Waals surface area contributed by atoms with Crippen molar-refractivity contribution in [1.82, 2.24) is 9.88 Å². The lowest BCUT2D eigenvalue weighted by atomic mass is 10.0. The molecule has 1 saturated heterocycles. The number of benzene rings is 1. The quantitative estimate of drug-likeness (QED) is 0.909. The maximum absolute atomic E-state index is 12.4. The van der Waals surface area contributed by atoms with E-state index >= 15 is 0 Å². The zero-order valence-corrected chi connectivity index (χ0v) is 12.4. The second-order valence-corrected chi connectivity index (χ2v) is 5.80. The van der Waals surface area contributed by atoms with Gasteiger partial charge in [0.2, 0.25) is 5.91 Å². The van der Waals surface area contributed by atoms with Crippen molar-refractivity contribution in [2.75, 3.05) is 13.1 Å². The molecule has 1 aromatic heterocycles. The SMILES string of the molecule is CCc1cccc2c(CC(=O)N3CCC(O)CC3)c[nH]c12. The number of hydrogen-bond donors (Lipinski definition) is 2. The number of amides is 1. The van der Waals surface area contributed by atoms with Gasteiger partial charge in [-0.2, -0.15) is 0 Å². The first-order valence-electron chi connectivity index (χ1n) is 7.72. The van der Waals surface area contributed by atoms with Crippen molar-refractivity contribution in [2.24, 2.45) is 0 Å². The first-order valence-corrected chi connectivity index (χ1v) is 7.72. The standard InChI is InChI=1S/C17H22N2O2/c1-2-12-4-3-5-15-13(11-18-17(12)15)10-16(21)19-8-6-14(20)7-9-19/h3-5,11,14,18,20H,2,6-10H2,1H3. The van der Waals surface area contributed by atoms with Gasteiger partial charge in [-0.1, -0.05) is 25.1 Å². The number of aromatic nitrogens is 1. The average Bonchev–Trinajstić information content (AvgIpc) is 2.91. The van der Waals surface area contributed by atoms with Gasteiger partial charge in [-0.15, -0.1) is 0 Å². The van der Waals surface area contributed by atoms with Gasteiger partial charge in [0.15, 0.2) is 0 Å². The van der Waals surface area contributed by atoms with Crippen LogP contribution in [0.2, 0.25) is 0 Å². The van der Waals surface area contributed by atoms with Gasteiger partial charge in [0.25, 0.3) is 0 Å². The third-order valence-corrected chi connectivity index (χ3v) is 4.43. The largest absolute Gasteiger partial charge is 0.393 e. The molecule has 4 nitrogen and oxygen atoms in total. The van der Waals surface area contributed by atoms with Gasteiger partial charge < -0.3 is 15.0 Å². The van der Waals surface area contributed by atoms with E-state index in [9.17, 15) is 9.90 Å². The Labute approximate surface area is 124 Å². The molecular formula is C17H22N2O2. The second-order valence-electron chi connectivity index (χ2n) is 5.80. The predicted molar refractivity (Wildman–Crippen MR) is 83.2 cm³/mol. The minimum atomic E-state index is -0.241. The maximum Gasteiger partial charge on any atom is 0.227 e. The van der Waals surface area contributed by atoms with Gasteiger partial charge in [0, 0.05) is 30.2 Å². The molecular weight excluding hydrogens is 264 g/mol. The second kappa shape index (κ2) is 5.90. The molecule has 0 radical (unpaired) electrons. The molecule has 0 saturated carbocycles. The zero-order chi connectivity index (χ0) is 14.8. The third kappa shape index (κ3) is 2.81. The molecule has 1 amide bonds. The number of fused-ring (bicyclic) bond motifs is 1. The summed E-state index contributed by atoms with van der Waals surface area (Å²) in [6.45, 7) is 3.48. The molecule has 1 aromatic carbocycles. The molecule has 0 atom stereocenters. The normalized spacial score (nSPS) is 16.6. The summed E-state index contributed by atoms with van der Waals surface area (Å²) < 4.78 is 0. The minimum Gasteiger partial charge on any atom is -0.393 e. The van der Waals surface area contributed by atoms with E-state index in [1.54, 1.807) is 0 Å². The van der Waals surface area contributed by atoms with Crippen LogP contribution in [0.3, 0.4) is 0 Å². The highest BCUT2D eigenvalue weighted by Crippen LogP contribution is 2.23. The van der Waals surface area contributed by atoms with E-state index in [1.807, 2.05) is 11.1 Å². The highest BCUT2D eigenvalue weighted by atomic mass is 16.3. The van der Waals surface area contributed by atoms with Gasteiger partial charge in [-0.25, -0.2) is 0 Å². The summed E-state index contributed by atoms with van der Waals surface area (Å²) >= 11 is 0. The fraction of sp³-hybridized carbons (Fsp3) is 0.471. The van der Waals surface area contributed by atoms with Crippen LogP contribution in [0.15, 0.2) is 24.4 Å². The van der Waals surface area contributed by atoms with E-state index in [4.69, 9.17) is 0 Å². The number of aliphatic hydroxyl groups is 1. The zero-order valence-electron chi connectivity index (χ0n) is 12.4. The summed E-state index contributed by atoms with van der Waals surface area (Å²) in [4.78, 5) is 17.6. The third-order valence-electron chi connectivity index (χ3n) is 4.43. The number of carbonyl (C=O) groups excluding carboxylic acids is 1. The van der Waals surface area contributed by atoms with Crippen molar-refractivity contribution >= 4 is 16.8 Å². The summed E-state index contributed by atoms with van der Waals surface area (Å²) in [6, 6.07) is 6.25. The Morgan fingerprint density at radius 2 is 2.10 bits per heavy atom. The first kappa shape index (κ1) is 14.1. The Hall–Kier alpha value is -1.81. The number of para-hydroxylation sites is 1. The number of carbonyl (C=O) groups is 1. The van der Waals surface area contributed by atoms with Crippen molar-refractivity contribution in [1.29, 1.82) is 0 Å². The Bertz CT molecular complexity index is 639. The van der Waals surface area contributed by atoms with Gasteiger partial charge in [-0.3, -0.25) is 4.79 Å². The van der Waals surface area contributed by atoms with Gasteiger partial charge in [0.05, 0.1) is 12.5 Å². The van der Waals surface area contributed by atoms with Gasteiger partial charge in [0.1, 0.15) is 0 Å². The van der Waals surface area contributed by atoms with Crippen LogP contribution >= 0.6 is 0 Å². The molecule has 3 rings (SSSR count). The van der Waals surface area contributed by atoms with Crippen LogP contribution in [-0.4, -0.2) is 40.1 Å². The molecule has 1 fully saturated rings. The summed E-state index contributed by atoms with van der Waals surface area (Å²) in [5.74, 6) is 0.157. The van der Waals surface area contributed by atoms with E-state index in [1.165, 1.54) is 5.56 Å². The number of piperidine rings is 1. The number of aryl methyl sites for hydroxylation is 1. The van der Waals surface area contributed by atoms with Crippen molar-refractivity contribution < 1.29 is 9.90 Å². The number of H-pyrrole nitrogens is 1. The fourth-order valence-electron chi connectivity index (χ4n) is 3.11. The lowest BCUT2D eigenvalue weighted by molar-refractivity contribution is -0.132. The number of aliphatic hydroxyl groups excluding tert-OH is 1. The van der Waals surface area contributed by atoms with Crippen LogP contribution in [0, 0.1) is 0 Å². The van der Waals surface area contributed by atoms with Crippen LogP contribution in [0.5, 0.6) is 0 Å². The van der Waals surface area contributed by atoms with Crippen molar-refractivity contribution in [2.45, 2.75) is 38.7 Å². The van der Waals surface area contributed by atoms with Crippen molar-refractivity contribution in [3.05, 3.63) is 35.5 Å². The summed E-state index contributed by atoms with van der Waals surface area (Å²) in [5, 5.41) is 10.7. The average molecular weight is 286 g/mol. The highest BCUT2D eigenvalue weighted by Gasteiger charge is 2.22. The number of likely N-dealkylation sites (tertiary alicyclic amines) is 1. The van der Waals surface area contributed by atoms with Crippen LogP contribution in [0.4, 0.5) is 0 Å². The molecule has 2 aromatic rings. The van der Waals surface area contributed by atoms with Crippen LogP contribution in [-0.2, 0) is 17.6 Å². The van der Waals surface area contributed by atoms with Gasteiger partial charge >= 0.3 is 0 Å². The molecule has 0 spiro atoms. The molecule has 2 N–H and O–H groups in total. The molecule has 0 aliphatic carbocycles. The Balaban J connectivity index is 1.77. The predicted octanol–water partition coefficient (Wildman–Crippen LogP) is 2.26. The number of rotatable bonds is 3. The summed E-state index contributed by atoms with van der Waals surface area (Å²) in [7, 11) is 0. The first-order chi connectivity index (χ1) is 10.2. The Morgan fingerprint density at radius 1 is 1.33 bits per heavy atom. The molecule has 2 heterocycles. The molecule has 0 bridgehead atoms. The summed E-state index contributed by atoms with van der Waals surface area (Å²) in [6.07, 6.45) is 4.52. The summed E-state index contributed by atoms with van der Waals surface area (Å²) in [5.41, 5.74) is 3.50. The molecule has 0 unspecified atom stereocenters. The monoisotopic (exact) mass is 286 g/mol. The maximum atomic E-state index is 12.4. The van der Waals surface area contributed by atoms with E-state index in [0.717, 1.165) is 22.9 Å². The van der Waals surface area contributed by atoms with E-state index in [0.29, 0.717) is 32.4 Å². The highest BCUT2D eigenvalue weighted by molar-refractivity contribution is 5.90. The van der Waals surface area contributed by atoms with Crippen molar-refractivity contribution in [3.8, 4) is 0 Å². The smallest absolute Gasteiger partial charge is 0.227 e. The lowest BCUT2D eigenvalue weighted by Crippen LogP contribution is -2.40. The molecule has 4 heteroatoms. The molecule has 21 heavy (non-hydrogen) atoms. The van der Waals surface area contributed by atoms with Crippen LogP contribution in [0.1, 0.15) is 30.9 Å². The number of hydrogen-bond acceptors (Lipinski definition) is 2. The Morgan fingerprint density at radius 3 is 2.81 bits per heavy atom. The van der Waals surface area contributed by atoms with Gasteiger partial charge in [-0.05, 0) is 30.4 Å². The Kier molecular flexibility index (Phi) is 3.97. The lowest BCUT2D eigenvalue weighted by Gasteiger charge is -2.29. The molecule has 112 valence electrons. The number of nitrogens with one attached hydrogen (secondary N) is 1.